The number of hydrogen-bond acceptors (Lipinski definition) is 3. The topological polar surface area (TPSA) is 47.4 Å². The van der Waals surface area contributed by atoms with Crippen molar-refractivity contribution in [3.05, 3.63) is 59.9 Å². The summed E-state index contributed by atoms with van der Waals surface area (Å²) in [7, 11) is 0. The summed E-state index contributed by atoms with van der Waals surface area (Å²) in [6, 6.07) is 11.0. The minimum atomic E-state index is -0.708. The molecular formula is C20H19F2N3O2. The minimum Gasteiger partial charge on any atom is -0.491 e. The number of ether oxygens (including phenoxy) is 1. The normalized spacial score (nSPS) is 13.9. The van der Waals surface area contributed by atoms with Crippen molar-refractivity contribution in [3.63, 3.8) is 0 Å². The summed E-state index contributed by atoms with van der Waals surface area (Å²) >= 11 is 0. The summed E-state index contributed by atoms with van der Waals surface area (Å²) in [5.41, 5.74) is 1.81. The van der Waals surface area contributed by atoms with E-state index < -0.39 is 11.6 Å². The molecule has 0 spiro atoms. The van der Waals surface area contributed by atoms with Gasteiger partial charge in [-0.2, -0.15) is 0 Å². The van der Waals surface area contributed by atoms with Gasteiger partial charge >= 0.3 is 0 Å². The van der Waals surface area contributed by atoms with Crippen LogP contribution in [-0.4, -0.2) is 40.1 Å². The Labute approximate surface area is 155 Å². The first kappa shape index (κ1) is 17.5. The lowest BCUT2D eigenvalue weighted by molar-refractivity contribution is 0.0693. The molecule has 0 aliphatic carbocycles. The van der Waals surface area contributed by atoms with Gasteiger partial charge in [0.05, 0.1) is 17.6 Å². The van der Waals surface area contributed by atoms with Crippen LogP contribution in [0.1, 0.15) is 23.5 Å². The van der Waals surface area contributed by atoms with Gasteiger partial charge in [-0.25, -0.2) is 13.8 Å². The van der Waals surface area contributed by atoms with Crippen LogP contribution in [0.4, 0.5) is 8.78 Å². The maximum absolute atomic E-state index is 13.5. The zero-order chi connectivity index (χ0) is 18.8. The third kappa shape index (κ3) is 3.49. The van der Waals surface area contributed by atoms with Crippen molar-refractivity contribution in [3.8, 4) is 5.75 Å². The molecule has 0 atom stereocenters. The van der Waals surface area contributed by atoms with E-state index in [1.165, 1.54) is 6.07 Å². The molecule has 2 aromatic carbocycles. The molecule has 1 amide bonds. The van der Waals surface area contributed by atoms with Crippen molar-refractivity contribution >= 4 is 16.9 Å². The van der Waals surface area contributed by atoms with Gasteiger partial charge < -0.3 is 14.2 Å². The van der Waals surface area contributed by atoms with Crippen molar-refractivity contribution in [2.75, 3.05) is 19.7 Å². The third-order valence-electron chi connectivity index (χ3n) is 4.70. The van der Waals surface area contributed by atoms with E-state index in [9.17, 15) is 13.6 Å². The summed E-state index contributed by atoms with van der Waals surface area (Å²) < 4.78 is 33.7. The Morgan fingerprint density at radius 3 is 2.78 bits per heavy atom. The first-order chi connectivity index (χ1) is 13.1. The molecule has 1 aliphatic heterocycles. The Hall–Kier alpha value is -2.96. The number of carbonyl (C=O) groups is 1. The smallest absolute Gasteiger partial charge is 0.289 e. The van der Waals surface area contributed by atoms with Crippen molar-refractivity contribution in [2.45, 2.75) is 19.4 Å². The molecule has 140 valence electrons. The summed E-state index contributed by atoms with van der Waals surface area (Å²) in [6.45, 7) is 2.26. The first-order valence-electron chi connectivity index (χ1n) is 8.96. The van der Waals surface area contributed by atoms with E-state index in [0.717, 1.165) is 36.1 Å². The molecule has 0 fully saturated rings. The second-order valence-corrected chi connectivity index (χ2v) is 6.50. The number of nitrogens with zero attached hydrogens (tertiary/aromatic N) is 3. The van der Waals surface area contributed by atoms with E-state index >= 15 is 0 Å². The molecule has 27 heavy (non-hydrogen) atoms. The number of aromatic nitrogens is 2. The van der Waals surface area contributed by atoms with Gasteiger partial charge in [0.25, 0.3) is 5.91 Å². The van der Waals surface area contributed by atoms with Crippen LogP contribution in [0.2, 0.25) is 0 Å². The van der Waals surface area contributed by atoms with Crippen LogP contribution in [0.15, 0.2) is 42.5 Å². The maximum Gasteiger partial charge on any atom is 0.289 e. The average Bonchev–Trinajstić information content (AvgIpc) is 3.04. The van der Waals surface area contributed by atoms with Crippen LogP contribution < -0.4 is 4.74 Å². The zero-order valence-electron chi connectivity index (χ0n) is 14.7. The highest BCUT2D eigenvalue weighted by molar-refractivity contribution is 5.95. The number of unbranched alkanes of at least 4 members (excludes halogenated alkanes) is 1. The highest BCUT2D eigenvalue weighted by Crippen LogP contribution is 2.21. The Morgan fingerprint density at radius 2 is 1.93 bits per heavy atom. The zero-order valence-corrected chi connectivity index (χ0v) is 14.7. The van der Waals surface area contributed by atoms with Gasteiger partial charge in [0.2, 0.25) is 0 Å². The second-order valence-electron chi connectivity index (χ2n) is 6.50. The standard InChI is InChI=1S/C20H19F2N3O2/c21-14-7-8-18(15(22)13-14)27-12-4-3-9-24-10-11-25-17-6-2-1-5-16(17)23-19(25)20(24)26/h1-2,5-8,13H,3-4,9-12H2. The maximum atomic E-state index is 13.5. The molecule has 0 bridgehead atoms. The van der Waals surface area contributed by atoms with E-state index in [4.69, 9.17) is 4.74 Å². The van der Waals surface area contributed by atoms with Gasteiger partial charge in [-0.05, 0) is 37.1 Å². The van der Waals surface area contributed by atoms with E-state index in [2.05, 4.69) is 4.98 Å². The number of benzene rings is 2. The van der Waals surface area contributed by atoms with Crippen LogP contribution in [0.25, 0.3) is 11.0 Å². The lowest BCUT2D eigenvalue weighted by Gasteiger charge is -2.27. The Balaban J connectivity index is 1.30. The summed E-state index contributed by atoms with van der Waals surface area (Å²) in [5, 5.41) is 0. The molecule has 0 saturated carbocycles. The number of halogens is 2. The van der Waals surface area contributed by atoms with Crippen molar-refractivity contribution in [1.82, 2.24) is 14.5 Å². The van der Waals surface area contributed by atoms with Gasteiger partial charge in [-0.1, -0.05) is 12.1 Å². The van der Waals surface area contributed by atoms with Crippen molar-refractivity contribution in [1.29, 1.82) is 0 Å². The quantitative estimate of drug-likeness (QED) is 0.622. The van der Waals surface area contributed by atoms with Crippen LogP contribution in [-0.2, 0) is 6.54 Å². The monoisotopic (exact) mass is 371 g/mol. The molecule has 0 N–H and O–H groups in total. The number of carbonyl (C=O) groups excluding carboxylic acids is 1. The molecule has 7 heteroatoms. The van der Waals surface area contributed by atoms with Crippen LogP contribution in [0, 0.1) is 11.6 Å². The molecule has 2 heterocycles. The molecule has 1 aliphatic rings. The number of amides is 1. The first-order valence-corrected chi connectivity index (χ1v) is 8.96. The van der Waals surface area contributed by atoms with E-state index in [1.54, 1.807) is 4.90 Å². The summed E-state index contributed by atoms with van der Waals surface area (Å²) in [6.07, 6.45) is 1.39. The Morgan fingerprint density at radius 1 is 1.07 bits per heavy atom. The van der Waals surface area contributed by atoms with Gasteiger partial charge in [0.1, 0.15) is 5.82 Å². The molecule has 1 aromatic heterocycles. The fourth-order valence-electron chi connectivity index (χ4n) is 3.32. The lowest BCUT2D eigenvalue weighted by Crippen LogP contribution is -2.41. The van der Waals surface area contributed by atoms with Gasteiger partial charge in [0, 0.05) is 25.7 Å². The molecule has 0 radical (unpaired) electrons. The van der Waals surface area contributed by atoms with E-state index in [0.29, 0.717) is 31.9 Å². The van der Waals surface area contributed by atoms with E-state index in [-0.39, 0.29) is 11.7 Å². The molecule has 0 unspecified atom stereocenters. The van der Waals surface area contributed by atoms with Gasteiger partial charge in [0.15, 0.2) is 17.4 Å². The molecular weight excluding hydrogens is 352 g/mol. The van der Waals surface area contributed by atoms with Gasteiger partial charge in [-0.3, -0.25) is 4.79 Å². The fraction of sp³-hybridized carbons (Fsp3) is 0.300. The molecule has 3 aromatic rings. The Kier molecular flexibility index (Phi) is 4.75. The third-order valence-corrected chi connectivity index (χ3v) is 4.70. The minimum absolute atomic E-state index is 0.0409. The predicted octanol–water partition coefficient (Wildman–Crippen LogP) is 3.63. The Bertz CT molecular complexity index is 987. The molecule has 4 rings (SSSR count). The summed E-state index contributed by atoms with van der Waals surface area (Å²) in [4.78, 5) is 18.9. The number of hydrogen-bond donors (Lipinski definition) is 0. The highest BCUT2D eigenvalue weighted by atomic mass is 19.1. The average molecular weight is 371 g/mol. The van der Waals surface area contributed by atoms with Crippen LogP contribution in [0.5, 0.6) is 5.75 Å². The molecule has 5 nitrogen and oxygen atoms in total. The number of imidazole rings is 1. The van der Waals surface area contributed by atoms with Crippen LogP contribution in [0.3, 0.4) is 0 Å². The van der Waals surface area contributed by atoms with Gasteiger partial charge in [-0.15, -0.1) is 0 Å². The molecule has 0 saturated heterocycles. The van der Waals surface area contributed by atoms with Crippen molar-refractivity contribution < 1.29 is 18.3 Å². The van der Waals surface area contributed by atoms with Crippen LogP contribution >= 0.6 is 0 Å². The second kappa shape index (κ2) is 7.34. The number of fused-ring (bicyclic) bond motifs is 3. The van der Waals surface area contributed by atoms with Crippen molar-refractivity contribution in [2.24, 2.45) is 0 Å². The number of para-hydroxylation sites is 2. The highest BCUT2D eigenvalue weighted by Gasteiger charge is 2.27. The SMILES string of the molecule is O=C1c2nc3ccccc3n2CCN1CCCCOc1ccc(F)cc1F. The predicted molar refractivity (Wildman–Crippen MR) is 96.7 cm³/mol. The largest absolute Gasteiger partial charge is 0.491 e. The van der Waals surface area contributed by atoms with E-state index in [1.807, 2.05) is 28.8 Å². The summed E-state index contributed by atoms with van der Waals surface area (Å²) in [5.74, 6) is -0.885. The fourth-order valence-corrected chi connectivity index (χ4v) is 3.32. The lowest BCUT2D eigenvalue weighted by atomic mass is 10.2. The number of rotatable bonds is 6.